The van der Waals surface area contributed by atoms with Gasteiger partial charge in [-0.05, 0) is 60.7 Å². The zero-order chi connectivity index (χ0) is 30.4. The normalized spacial score (nSPS) is 15.8. The fraction of sp³-hybridized carbons (Fsp3) is 0.310. The van der Waals surface area contributed by atoms with E-state index in [0.29, 0.717) is 29.6 Å². The van der Waals surface area contributed by atoms with Gasteiger partial charge in [0.05, 0.1) is 10.6 Å². The number of fused-ring (bicyclic) bond motifs is 1. The van der Waals surface area contributed by atoms with Gasteiger partial charge in [0.25, 0.3) is 5.91 Å². The van der Waals surface area contributed by atoms with Crippen molar-refractivity contribution in [1.29, 1.82) is 0 Å². The molecule has 2 aromatic carbocycles. The highest BCUT2D eigenvalue weighted by Gasteiger charge is 2.38. The number of carboxylic acid groups (broad SMARTS) is 1. The van der Waals surface area contributed by atoms with E-state index < -0.39 is 12.1 Å². The number of carbonyl (C=O) groups excluding carboxylic acids is 2. The number of hydrogen-bond donors (Lipinski definition) is 1. The molecule has 5 rings (SSSR count). The van der Waals surface area contributed by atoms with E-state index >= 15 is 0 Å². The second-order valence-electron chi connectivity index (χ2n) is 9.86. The minimum atomic E-state index is -5.08. The smallest absolute Gasteiger partial charge is 0.475 e. The third-order valence-corrected chi connectivity index (χ3v) is 7.59. The van der Waals surface area contributed by atoms with Gasteiger partial charge < -0.3 is 19.8 Å². The molecule has 1 saturated heterocycles. The lowest BCUT2D eigenvalue weighted by atomic mass is 9.95. The first-order valence-corrected chi connectivity index (χ1v) is 13.8. The Morgan fingerprint density at radius 1 is 0.976 bits per heavy atom. The summed E-state index contributed by atoms with van der Waals surface area (Å²) >= 11 is 12.3. The van der Waals surface area contributed by atoms with E-state index in [9.17, 15) is 22.8 Å². The first kappa shape index (κ1) is 31.1. The number of piperidine rings is 1. The maximum atomic E-state index is 13.5. The number of pyridine rings is 1. The Balaban J connectivity index is 0.000000517. The van der Waals surface area contributed by atoms with Crippen molar-refractivity contribution in [2.45, 2.75) is 25.6 Å². The molecule has 1 fully saturated rings. The van der Waals surface area contributed by atoms with Crippen molar-refractivity contribution in [3.05, 3.63) is 88.2 Å². The summed E-state index contributed by atoms with van der Waals surface area (Å²) in [7, 11) is 0. The van der Waals surface area contributed by atoms with Gasteiger partial charge in [0.1, 0.15) is 6.54 Å². The van der Waals surface area contributed by atoms with Gasteiger partial charge >= 0.3 is 12.1 Å². The van der Waals surface area contributed by atoms with Crippen LogP contribution in [0.1, 0.15) is 28.8 Å². The zero-order valence-corrected chi connectivity index (χ0v) is 23.7. The number of aromatic nitrogens is 1. The van der Waals surface area contributed by atoms with Gasteiger partial charge in [0.15, 0.2) is 0 Å². The monoisotopic (exact) mass is 622 g/mol. The van der Waals surface area contributed by atoms with E-state index in [1.807, 2.05) is 53.7 Å². The Morgan fingerprint density at radius 3 is 2.24 bits per heavy atom. The summed E-state index contributed by atoms with van der Waals surface area (Å²) in [6, 6.07) is 16.7. The molecule has 3 heterocycles. The standard InChI is InChI=1S/C27H26Cl2N4O2.C2HF3O2/c28-21-5-6-23(24(29)15-21)27(35)32-17-20-3-1-2-4-25(20)33(26(34)18-32)16-19-9-13-31(14-10-19)22-7-11-30-12-8-22;3-2(4,5)1(6)7/h1-8,11-12,15,19H,9-10,13-14,16-18H2;(H,6,7). The molecule has 42 heavy (non-hydrogen) atoms. The fourth-order valence-electron chi connectivity index (χ4n) is 4.92. The highest BCUT2D eigenvalue weighted by Crippen LogP contribution is 2.31. The number of alkyl halides is 3. The second-order valence-corrected chi connectivity index (χ2v) is 10.7. The molecule has 8 nitrogen and oxygen atoms in total. The lowest BCUT2D eigenvalue weighted by Crippen LogP contribution is -2.44. The predicted molar refractivity (Wildman–Crippen MR) is 153 cm³/mol. The molecule has 0 aliphatic carbocycles. The van der Waals surface area contributed by atoms with Gasteiger partial charge in [-0.25, -0.2) is 4.79 Å². The van der Waals surface area contributed by atoms with Crippen LogP contribution in [0.2, 0.25) is 10.0 Å². The number of nitrogens with zero attached hydrogens (tertiary/aromatic N) is 4. The molecule has 0 saturated carbocycles. The van der Waals surface area contributed by atoms with E-state index in [-0.39, 0.29) is 23.4 Å². The van der Waals surface area contributed by atoms with Crippen LogP contribution in [0.25, 0.3) is 0 Å². The molecule has 13 heteroatoms. The molecular formula is C29H27Cl2F3N4O4. The molecule has 0 unspecified atom stereocenters. The van der Waals surface area contributed by atoms with Crippen molar-refractivity contribution in [1.82, 2.24) is 9.88 Å². The first-order valence-electron chi connectivity index (χ1n) is 13.0. The van der Waals surface area contributed by atoms with Crippen LogP contribution in [-0.4, -0.2) is 65.1 Å². The van der Waals surface area contributed by atoms with Crippen LogP contribution in [0.15, 0.2) is 67.0 Å². The number of hydrogen-bond acceptors (Lipinski definition) is 5. The molecule has 1 aromatic heterocycles. The van der Waals surface area contributed by atoms with Gasteiger partial charge in [-0.1, -0.05) is 41.4 Å². The minimum absolute atomic E-state index is 0.00231. The van der Waals surface area contributed by atoms with Crippen LogP contribution in [0.4, 0.5) is 24.5 Å². The Morgan fingerprint density at radius 2 is 1.62 bits per heavy atom. The molecule has 0 atom stereocenters. The van der Waals surface area contributed by atoms with Crippen molar-refractivity contribution in [3.63, 3.8) is 0 Å². The first-order chi connectivity index (χ1) is 19.9. The Bertz CT molecular complexity index is 1430. The Labute approximate surface area is 250 Å². The van der Waals surface area contributed by atoms with Crippen molar-refractivity contribution in [2.75, 3.05) is 36.0 Å². The number of para-hydroxylation sites is 1. The summed E-state index contributed by atoms with van der Waals surface area (Å²) in [6.45, 7) is 2.87. The Kier molecular flexibility index (Phi) is 9.95. The van der Waals surface area contributed by atoms with E-state index in [1.54, 1.807) is 23.1 Å². The van der Waals surface area contributed by atoms with Crippen LogP contribution < -0.4 is 9.80 Å². The van der Waals surface area contributed by atoms with Crippen LogP contribution in [0, 0.1) is 5.92 Å². The van der Waals surface area contributed by atoms with Gasteiger partial charge in [-0.2, -0.15) is 13.2 Å². The van der Waals surface area contributed by atoms with Crippen molar-refractivity contribution >= 4 is 52.4 Å². The summed E-state index contributed by atoms with van der Waals surface area (Å²) in [5.41, 5.74) is 3.36. The van der Waals surface area contributed by atoms with Gasteiger partial charge in [-0.15, -0.1) is 0 Å². The molecule has 0 spiro atoms. The third-order valence-electron chi connectivity index (χ3n) is 7.05. The number of benzene rings is 2. The summed E-state index contributed by atoms with van der Waals surface area (Å²) in [6.07, 6.45) is 0.547. The summed E-state index contributed by atoms with van der Waals surface area (Å²) in [5, 5.41) is 7.87. The quantitative estimate of drug-likeness (QED) is 0.388. The Hall–Kier alpha value is -3.83. The number of amides is 2. The average molecular weight is 623 g/mol. The molecule has 2 aliphatic heterocycles. The van der Waals surface area contributed by atoms with Crippen LogP contribution in [0.5, 0.6) is 0 Å². The van der Waals surface area contributed by atoms with Gasteiger partial charge in [0, 0.05) is 55.0 Å². The topological polar surface area (TPSA) is 94.0 Å². The van der Waals surface area contributed by atoms with E-state index in [2.05, 4.69) is 9.88 Å². The molecule has 2 amide bonds. The molecule has 0 bridgehead atoms. The van der Waals surface area contributed by atoms with E-state index in [0.717, 1.165) is 37.2 Å². The summed E-state index contributed by atoms with van der Waals surface area (Å²) in [5.74, 6) is -2.72. The van der Waals surface area contributed by atoms with E-state index in [4.69, 9.17) is 33.1 Å². The maximum absolute atomic E-state index is 13.5. The zero-order valence-electron chi connectivity index (χ0n) is 22.2. The van der Waals surface area contributed by atoms with Crippen molar-refractivity contribution in [2.24, 2.45) is 5.92 Å². The predicted octanol–water partition coefficient (Wildman–Crippen LogP) is 5.93. The fourth-order valence-corrected chi connectivity index (χ4v) is 5.41. The van der Waals surface area contributed by atoms with Crippen LogP contribution >= 0.6 is 23.2 Å². The number of anilines is 2. The lowest BCUT2D eigenvalue weighted by Gasteiger charge is -2.36. The number of carboxylic acids is 1. The molecule has 0 radical (unpaired) electrons. The largest absolute Gasteiger partial charge is 0.490 e. The average Bonchev–Trinajstić information content (AvgIpc) is 3.09. The highest BCUT2D eigenvalue weighted by atomic mass is 35.5. The van der Waals surface area contributed by atoms with Crippen LogP contribution in [-0.2, 0) is 16.1 Å². The second kappa shape index (κ2) is 13.4. The van der Waals surface area contributed by atoms with Crippen LogP contribution in [0.3, 0.4) is 0 Å². The van der Waals surface area contributed by atoms with Crippen molar-refractivity contribution < 1.29 is 32.7 Å². The SMILES string of the molecule is O=C(O)C(F)(F)F.O=C(c1ccc(Cl)cc1Cl)N1CC(=O)N(CC2CCN(c3ccncc3)CC2)c2ccccc2C1. The van der Waals surface area contributed by atoms with Gasteiger partial charge in [0.2, 0.25) is 5.91 Å². The maximum Gasteiger partial charge on any atom is 0.490 e. The number of halogens is 5. The van der Waals surface area contributed by atoms with Gasteiger partial charge in [-0.3, -0.25) is 14.6 Å². The molecule has 3 aromatic rings. The number of rotatable bonds is 4. The minimum Gasteiger partial charge on any atom is -0.475 e. The molecular weight excluding hydrogens is 596 g/mol. The third kappa shape index (κ3) is 7.71. The summed E-state index contributed by atoms with van der Waals surface area (Å²) < 4.78 is 31.7. The highest BCUT2D eigenvalue weighted by molar-refractivity contribution is 6.36. The molecule has 1 N–H and O–H groups in total. The molecule has 222 valence electrons. The van der Waals surface area contributed by atoms with E-state index in [1.165, 1.54) is 5.69 Å². The number of carbonyl (C=O) groups is 3. The summed E-state index contributed by atoms with van der Waals surface area (Å²) in [4.78, 5) is 45.6. The van der Waals surface area contributed by atoms with Crippen molar-refractivity contribution in [3.8, 4) is 0 Å². The number of aliphatic carboxylic acids is 1. The lowest BCUT2D eigenvalue weighted by molar-refractivity contribution is -0.192. The molecule has 2 aliphatic rings.